The number of hydrogen-bond donors (Lipinski definition) is 1. The highest BCUT2D eigenvalue weighted by atomic mass is 32.2. The van der Waals surface area contributed by atoms with Crippen molar-refractivity contribution in [3.8, 4) is 0 Å². The zero-order valence-corrected chi connectivity index (χ0v) is 12.8. The Morgan fingerprint density at radius 3 is 2.48 bits per heavy atom. The van der Waals surface area contributed by atoms with Gasteiger partial charge in [0.15, 0.2) is 0 Å². The molecule has 2 aromatic carbocycles. The first-order chi connectivity index (χ1) is 10.1. The van der Waals surface area contributed by atoms with Crippen LogP contribution in [0.15, 0.2) is 47.4 Å². The molecule has 0 fully saturated rings. The molecule has 0 saturated carbocycles. The second-order valence-corrected chi connectivity index (χ2v) is 6.05. The van der Waals surface area contributed by atoms with Gasteiger partial charge in [-0.15, -0.1) is 11.8 Å². The molecule has 0 saturated heterocycles. The van der Waals surface area contributed by atoms with E-state index in [1.807, 2.05) is 12.1 Å². The standard InChI is InChI=1S/C17H19F2NS/c1-2-3-12-4-6-13(7-5-12)16(20)11-21-17-10-14(18)8-9-15(17)19/h4-10,16H,2-3,11,20H2,1H3. The van der Waals surface area contributed by atoms with Gasteiger partial charge in [0, 0.05) is 16.7 Å². The lowest BCUT2D eigenvalue weighted by molar-refractivity contribution is 0.577. The maximum absolute atomic E-state index is 13.5. The number of rotatable bonds is 6. The van der Waals surface area contributed by atoms with Crippen LogP contribution in [0.4, 0.5) is 8.78 Å². The lowest BCUT2D eigenvalue weighted by atomic mass is 10.0. The SMILES string of the molecule is CCCc1ccc(C(N)CSc2cc(F)ccc2F)cc1. The van der Waals surface area contributed by atoms with Crippen molar-refractivity contribution in [3.63, 3.8) is 0 Å². The summed E-state index contributed by atoms with van der Waals surface area (Å²) in [5, 5.41) is 0. The van der Waals surface area contributed by atoms with E-state index in [-0.39, 0.29) is 6.04 Å². The number of halogens is 2. The Balaban J connectivity index is 1.97. The summed E-state index contributed by atoms with van der Waals surface area (Å²) in [5.74, 6) is -0.337. The summed E-state index contributed by atoms with van der Waals surface area (Å²) >= 11 is 1.24. The molecular formula is C17H19F2NS. The van der Waals surface area contributed by atoms with Crippen molar-refractivity contribution in [2.75, 3.05) is 5.75 Å². The molecule has 2 rings (SSSR count). The summed E-state index contributed by atoms with van der Waals surface area (Å²) in [6.45, 7) is 2.14. The Kier molecular flexibility index (Phi) is 5.76. The molecule has 0 radical (unpaired) electrons. The second-order valence-electron chi connectivity index (χ2n) is 4.98. The van der Waals surface area contributed by atoms with E-state index < -0.39 is 11.6 Å². The fourth-order valence-corrected chi connectivity index (χ4v) is 3.04. The molecule has 112 valence electrons. The summed E-state index contributed by atoms with van der Waals surface area (Å²) in [4.78, 5) is 0.299. The first kappa shape index (κ1) is 16.0. The monoisotopic (exact) mass is 307 g/mol. The number of hydrogen-bond acceptors (Lipinski definition) is 2. The van der Waals surface area contributed by atoms with E-state index in [1.165, 1.54) is 23.4 Å². The molecule has 2 aromatic rings. The summed E-state index contributed by atoms with van der Waals surface area (Å²) < 4.78 is 26.6. The van der Waals surface area contributed by atoms with Crippen LogP contribution in [0.3, 0.4) is 0 Å². The Labute approximate surface area is 128 Å². The first-order valence-corrected chi connectivity index (χ1v) is 8.01. The number of aryl methyl sites for hydroxylation is 1. The fraction of sp³-hybridized carbons (Fsp3) is 0.294. The van der Waals surface area contributed by atoms with Crippen LogP contribution in [0.25, 0.3) is 0 Å². The maximum atomic E-state index is 13.5. The highest BCUT2D eigenvalue weighted by Crippen LogP contribution is 2.26. The molecule has 0 amide bonds. The molecule has 0 aromatic heterocycles. The molecule has 0 spiro atoms. The van der Waals surface area contributed by atoms with Crippen molar-refractivity contribution in [1.29, 1.82) is 0 Å². The first-order valence-electron chi connectivity index (χ1n) is 7.02. The molecule has 4 heteroatoms. The van der Waals surface area contributed by atoms with Crippen molar-refractivity contribution < 1.29 is 8.78 Å². The van der Waals surface area contributed by atoms with E-state index in [4.69, 9.17) is 5.73 Å². The molecule has 0 aliphatic rings. The molecule has 0 aliphatic heterocycles. The number of thioether (sulfide) groups is 1. The minimum atomic E-state index is -0.434. The van der Waals surface area contributed by atoms with Crippen molar-refractivity contribution in [2.45, 2.75) is 30.7 Å². The molecule has 0 aliphatic carbocycles. The quantitative estimate of drug-likeness (QED) is 0.782. The van der Waals surface area contributed by atoms with Crippen LogP contribution in [-0.4, -0.2) is 5.75 Å². The van der Waals surface area contributed by atoms with E-state index in [2.05, 4.69) is 19.1 Å². The molecular weight excluding hydrogens is 288 g/mol. The third-order valence-corrected chi connectivity index (χ3v) is 4.41. The maximum Gasteiger partial charge on any atom is 0.136 e. The van der Waals surface area contributed by atoms with E-state index in [9.17, 15) is 8.78 Å². The summed E-state index contributed by atoms with van der Waals surface area (Å²) in [6, 6.07) is 11.4. The normalized spacial score (nSPS) is 12.4. The number of nitrogens with two attached hydrogens (primary N) is 1. The Hall–Kier alpha value is -1.39. The largest absolute Gasteiger partial charge is 0.323 e. The number of benzene rings is 2. The molecule has 1 nitrogen and oxygen atoms in total. The topological polar surface area (TPSA) is 26.0 Å². The average Bonchev–Trinajstić information content (AvgIpc) is 2.49. The van der Waals surface area contributed by atoms with Gasteiger partial charge in [-0.3, -0.25) is 0 Å². The Morgan fingerprint density at radius 2 is 1.81 bits per heavy atom. The molecule has 1 atom stereocenters. The van der Waals surface area contributed by atoms with Crippen LogP contribution in [0.1, 0.15) is 30.5 Å². The zero-order valence-electron chi connectivity index (χ0n) is 12.0. The van der Waals surface area contributed by atoms with Crippen LogP contribution in [0.5, 0.6) is 0 Å². The van der Waals surface area contributed by atoms with Crippen LogP contribution >= 0.6 is 11.8 Å². The lowest BCUT2D eigenvalue weighted by Crippen LogP contribution is -2.13. The predicted molar refractivity (Wildman–Crippen MR) is 84.4 cm³/mol. The van der Waals surface area contributed by atoms with E-state index in [1.54, 1.807) is 0 Å². The van der Waals surface area contributed by atoms with Gasteiger partial charge in [-0.2, -0.15) is 0 Å². The summed E-state index contributed by atoms with van der Waals surface area (Å²) in [6.07, 6.45) is 2.17. The van der Waals surface area contributed by atoms with Crippen molar-refractivity contribution in [3.05, 3.63) is 65.2 Å². The van der Waals surface area contributed by atoms with Crippen LogP contribution in [0.2, 0.25) is 0 Å². The van der Waals surface area contributed by atoms with E-state index in [0.717, 1.165) is 30.5 Å². The van der Waals surface area contributed by atoms with Gasteiger partial charge in [0.1, 0.15) is 11.6 Å². The van der Waals surface area contributed by atoms with Crippen molar-refractivity contribution in [2.24, 2.45) is 5.73 Å². The lowest BCUT2D eigenvalue weighted by Gasteiger charge is -2.13. The van der Waals surface area contributed by atoms with Gasteiger partial charge in [-0.25, -0.2) is 8.78 Å². The minimum Gasteiger partial charge on any atom is -0.323 e. The van der Waals surface area contributed by atoms with E-state index in [0.29, 0.717) is 10.6 Å². The summed E-state index contributed by atoms with van der Waals surface area (Å²) in [5.41, 5.74) is 8.42. The smallest absolute Gasteiger partial charge is 0.136 e. The third-order valence-electron chi connectivity index (χ3n) is 3.26. The summed E-state index contributed by atoms with van der Waals surface area (Å²) in [7, 11) is 0. The zero-order chi connectivity index (χ0) is 15.2. The molecule has 2 N–H and O–H groups in total. The third kappa shape index (κ3) is 4.55. The molecule has 1 unspecified atom stereocenters. The van der Waals surface area contributed by atoms with Gasteiger partial charge in [0.25, 0.3) is 0 Å². The van der Waals surface area contributed by atoms with Crippen molar-refractivity contribution >= 4 is 11.8 Å². The van der Waals surface area contributed by atoms with Gasteiger partial charge in [0.05, 0.1) is 0 Å². The Morgan fingerprint density at radius 1 is 1.10 bits per heavy atom. The fourth-order valence-electron chi connectivity index (χ4n) is 2.08. The molecule has 0 heterocycles. The molecule has 21 heavy (non-hydrogen) atoms. The van der Waals surface area contributed by atoms with Gasteiger partial charge in [0.2, 0.25) is 0 Å². The van der Waals surface area contributed by atoms with Crippen LogP contribution in [-0.2, 0) is 6.42 Å². The second kappa shape index (κ2) is 7.57. The highest BCUT2D eigenvalue weighted by Gasteiger charge is 2.10. The van der Waals surface area contributed by atoms with Gasteiger partial charge in [-0.1, -0.05) is 37.6 Å². The van der Waals surface area contributed by atoms with Gasteiger partial charge < -0.3 is 5.73 Å². The van der Waals surface area contributed by atoms with Crippen LogP contribution < -0.4 is 5.73 Å². The minimum absolute atomic E-state index is 0.201. The van der Waals surface area contributed by atoms with Gasteiger partial charge in [-0.05, 0) is 35.7 Å². The van der Waals surface area contributed by atoms with E-state index >= 15 is 0 Å². The molecule has 0 bridgehead atoms. The average molecular weight is 307 g/mol. The van der Waals surface area contributed by atoms with Crippen LogP contribution in [0, 0.1) is 11.6 Å². The van der Waals surface area contributed by atoms with Crippen molar-refractivity contribution in [1.82, 2.24) is 0 Å². The highest BCUT2D eigenvalue weighted by molar-refractivity contribution is 7.99. The van der Waals surface area contributed by atoms with Gasteiger partial charge >= 0.3 is 0 Å². The predicted octanol–water partition coefficient (Wildman–Crippen LogP) is 4.71. The Bertz CT molecular complexity index is 584.